The van der Waals surface area contributed by atoms with Crippen LogP contribution in [0.2, 0.25) is 0 Å². The molecule has 4 aromatic rings. The number of hydrogen-bond donors (Lipinski definition) is 0. The van der Waals surface area contributed by atoms with E-state index in [9.17, 15) is 4.79 Å². The van der Waals surface area contributed by atoms with E-state index in [0.29, 0.717) is 28.1 Å². The molecule has 0 bridgehead atoms. The molecule has 0 N–H and O–H groups in total. The molecule has 4 aromatic heterocycles. The minimum atomic E-state index is -0.0815. The monoisotopic (exact) mass is 346 g/mol. The van der Waals surface area contributed by atoms with Crippen LogP contribution in [0.25, 0.3) is 4.96 Å². The quantitative estimate of drug-likeness (QED) is 0.508. The van der Waals surface area contributed by atoms with E-state index in [1.54, 1.807) is 17.1 Å². The van der Waals surface area contributed by atoms with Crippen LogP contribution in [-0.4, -0.2) is 29.6 Å². The lowest BCUT2D eigenvalue weighted by atomic mass is 10.4. The third-order valence-corrected chi connectivity index (χ3v) is 4.84. The lowest BCUT2D eigenvalue weighted by molar-refractivity contribution is 0.462. The number of rotatable bonds is 5. The van der Waals surface area contributed by atoms with E-state index in [2.05, 4.69) is 20.5 Å². The SMILES string of the molecule is O=c1cc(CSc2nnnn2Cc2ccco2)nc2sccn12. The van der Waals surface area contributed by atoms with Crippen LogP contribution in [0.15, 0.2) is 50.4 Å². The molecule has 116 valence electrons. The summed E-state index contributed by atoms with van der Waals surface area (Å²) in [7, 11) is 0. The number of furan rings is 1. The summed E-state index contributed by atoms with van der Waals surface area (Å²) < 4.78 is 8.48. The van der Waals surface area contributed by atoms with Gasteiger partial charge in [-0.25, -0.2) is 9.67 Å². The average molecular weight is 346 g/mol. The van der Waals surface area contributed by atoms with Crippen molar-refractivity contribution in [1.29, 1.82) is 0 Å². The first kappa shape index (κ1) is 14.2. The fourth-order valence-electron chi connectivity index (χ4n) is 2.05. The van der Waals surface area contributed by atoms with Crippen LogP contribution in [0, 0.1) is 0 Å². The van der Waals surface area contributed by atoms with Gasteiger partial charge in [0.15, 0.2) is 4.96 Å². The van der Waals surface area contributed by atoms with Crippen molar-refractivity contribution < 1.29 is 4.42 Å². The van der Waals surface area contributed by atoms with Crippen LogP contribution in [0.4, 0.5) is 0 Å². The van der Waals surface area contributed by atoms with Gasteiger partial charge >= 0.3 is 0 Å². The summed E-state index contributed by atoms with van der Waals surface area (Å²) in [6.45, 7) is 0.461. The van der Waals surface area contributed by atoms with Crippen LogP contribution >= 0.6 is 23.1 Å². The molecule has 23 heavy (non-hydrogen) atoms. The standard InChI is InChI=1S/C13H10N6O2S2/c20-11-6-9(14-12-18(11)3-5-22-12)8-23-13-15-16-17-19(13)7-10-2-1-4-21-10/h1-6H,7-8H2. The smallest absolute Gasteiger partial charge is 0.258 e. The Morgan fingerprint density at radius 3 is 3.22 bits per heavy atom. The van der Waals surface area contributed by atoms with Crippen LogP contribution in [0.3, 0.4) is 0 Å². The molecule has 0 aliphatic rings. The number of thiazole rings is 1. The Labute approximate surface area is 137 Å². The highest BCUT2D eigenvalue weighted by Gasteiger charge is 2.11. The molecular weight excluding hydrogens is 336 g/mol. The zero-order chi connectivity index (χ0) is 15.6. The summed E-state index contributed by atoms with van der Waals surface area (Å²) >= 11 is 2.86. The zero-order valence-corrected chi connectivity index (χ0v) is 13.3. The predicted octanol–water partition coefficient (Wildman–Crippen LogP) is 1.68. The molecule has 4 heterocycles. The van der Waals surface area contributed by atoms with Crippen molar-refractivity contribution in [2.24, 2.45) is 0 Å². The molecule has 0 fully saturated rings. The lowest BCUT2D eigenvalue weighted by Crippen LogP contribution is -2.12. The molecule has 0 atom stereocenters. The second-order valence-electron chi connectivity index (χ2n) is 4.63. The second-order valence-corrected chi connectivity index (χ2v) is 6.44. The van der Waals surface area contributed by atoms with Gasteiger partial charge in [0.1, 0.15) is 12.3 Å². The Morgan fingerprint density at radius 1 is 1.39 bits per heavy atom. The van der Waals surface area contributed by atoms with Gasteiger partial charge in [-0.1, -0.05) is 11.8 Å². The van der Waals surface area contributed by atoms with Gasteiger partial charge in [-0.2, -0.15) is 0 Å². The normalized spacial score (nSPS) is 11.3. The van der Waals surface area contributed by atoms with Gasteiger partial charge in [0.2, 0.25) is 5.16 Å². The number of nitrogens with zero attached hydrogens (tertiary/aromatic N) is 6. The van der Waals surface area contributed by atoms with Crippen molar-refractivity contribution in [3.05, 3.63) is 57.8 Å². The van der Waals surface area contributed by atoms with Crippen molar-refractivity contribution in [2.75, 3.05) is 0 Å². The molecular formula is C13H10N6O2S2. The summed E-state index contributed by atoms with van der Waals surface area (Å²) in [5.74, 6) is 1.29. The minimum absolute atomic E-state index is 0.0815. The zero-order valence-electron chi connectivity index (χ0n) is 11.7. The highest BCUT2D eigenvalue weighted by molar-refractivity contribution is 7.98. The highest BCUT2D eigenvalue weighted by atomic mass is 32.2. The number of fused-ring (bicyclic) bond motifs is 1. The maximum atomic E-state index is 12.0. The van der Waals surface area contributed by atoms with Crippen LogP contribution < -0.4 is 5.56 Å². The maximum absolute atomic E-state index is 12.0. The molecule has 4 rings (SSSR count). The lowest BCUT2D eigenvalue weighted by Gasteiger charge is -2.02. The van der Waals surface area contributed by atoms with Crippen molar-refractivity contribution in [2.45, 2.75) is 17.5 Å². The van der Waals surface area contributed by atoms with Gasteiger partial charge in [0.05, 0.1) is 12.0 Å². The van der Waals surface area contributed by atoms with E-state index in [1.165, 1.54) is 33.6 Å². The molecule has 0 spiro atoms. The number of hydrogen-bond acceptors (Lipinski definition) is 8. The first-order valence-electron chi connectivity index (χ1n) is 6.67. The molecule has 0 radical (unpaired) electrons. The van der Waals surface area contributed by atoms with E-state index in [-0.39, 0.29) is 5.56 Å². The molecule has 0 aliphatic carbocycles. The van der Waals surface area contributed by atoms with Gasteiger partial charge in [-0.15, -0.1) is 16.4 Å². The summed E-state index contributed by atoms with van der Waals surface area (Å²) in [4.78, 5) is 17.1. The predicted molar refractivity (Wildman–Crippen MR) is 84.5 cm³/mol. The van der Waals surface area contributed by atoms with E-state index < -0.39 is 0 Å². The Kier molecular flexibility index (Phi) is 3.67. The van der Waals surface area contributed by atoms with E-state index >= 15 is 0 Å². The fourth-order valence-corrected chi connectivity index (χ4v) is 3.56. The van der Waals surface area contributed by atoms with Gasteiger partial charge in [-0.3, -0.25) is 9.20 Å². The summed E-state index contributed by atoms with van der Waals surface area (Å²) in [5.41, 5.74) is 0.622. The molecule has 10 heteroatoms. The number of tetrazole rings is 1. The molecule has 0 saturated carbocycles. The third-order valence-electron chi connectivity index (χ3n) is 3.09. The summed E-state index contributed by atoms with van der Waals surface area (Å²) in [5, 5.41) is 14.1. The topological polar surface area (TPSA) is 91.1 Å². The Hall–Kier alpha value is -2.46. The van der Waals surface area contributed by atoms with Crippen molar-refractivity contribution in [3.8, 4) is 0 Å². The van der Waals surface area contributed by atoms with Crippen LogP contribution in [0.5, 0.6) is 0 Å². The summed E-state index contributed by atoms with van der Waals surface area (Å²) in [6.07, 6.45) is 3.33. The Bertz CT molecular complexity index is 987. The Balaban J connectivity index is 1.52. The van der Waals surface area contributed by atoms with E-state index in [4.69, 9.17) is 4.42 Å². The van der Waals surface area contributed by atoms with Crippen molar-refractivity contribution in [3.63, 3.8) is 0 Å². The van der Waals surface area contributed by atoms with Crippen molar-refractivity contribution in [1.82, 2.24) is 29.6 Å². The largest absolute Gasteiger partial charge is 0.467 e. The number of aromatic nitrogens is 6. The molecule has 0 aliphatic heterocycles. The average Bonchev–Trinajstić information content (AvgIpc) is 3.27. The molecule has 0 saturated heterocycles. The highest BCUT2D eigenvalue weighted by Crippen LogP contribution is 2.20. The third kappa shape index (κ3) is 2.90. The van der Waals surface area contributed by atoms with E-state index in [0.717, 1.165) is 5.76 Å². The van der Waals surface area contributed by atoms with Gasteiger partial charge in [0.25, 0.3) is 5.56 Å². The molecule has 8 nitrogen and oxygen atoms in total. The van der Waals surface area contributed by atoms with E-state index in [1.807, 2.05) is 17.5 Å². The van der Waals surface area contributed by atoms with Gasteiger partial charge < -0.3 is 4.42 Å². The molecule has 0 aromatic carbocycles. The second kappa shape index (κ2) is 5.97. The first-order valence-corrected chi connectivity index (χ1v) is 8.53. The van der Waals surface area contributed by atoms with Gasteiger partial charge in [0, 0.05) is 23.4 Å². The van der Waals surface area contributed by atoms with Gasteiger partial charge in [-0.05, 0) is 22.6 Å². The number of thioether (sulfide) groups is 1. The minimum Gasteiger partial charge on any atom is -0.467 e. The summed E-state index contributed by atoms with van der Waals surface area (Å²) in [6, 6.07) is 5.22. The first-order chi connectivity index (χ1) is 11.3. The van der Waals surface area contributed by atoms with Crippen molar-refractivity contribution >= 4 is 28.1 Å². The van der Waals surface area contributed by atoms with Crippen LogP contribution in [0.1, 0.15) is 11.5 Å². The molecule has 0 unspecified atom stereocenters. The molecule has 0 amide bonds. The Morgan fingerprint density at radius 2 is 2.35 bits per heavy atom. The fraction of sp³-hybridized carbons (Fsp3) is 0.154. The maximum Gasteiger partial charge on any atom is 0.258 e. The van der Waals surface area contributed by atoms with Crippen LogP contribution in [-0.2, 0) is 12.3 Å².